The van der Waals surface area contributed by atoms with Gasteiger partial charge in [0.25, 0.3) is 0 Å². The van der Waals surface area contributed by atoms with Crippen LogP contribution >= 0.6 is 22.7 Å². The number of rotatable bonds is 8. The highest BCUT2D eigenvalue weighted by atomic mass is 32.1. The summed E-state index contributed by atoms with van der Waals surface area (Å²) in [6, 6.07) is 9.51. The van der Waals surface area contributed by atoms with Crippen molar-refractivity contribution in [1.82, 2.24) is 5.32 Å². The molecule has 0 saturated carbocycles. The van der Waals surface area contributed by atoms with Crippen LogP contribution in [0.4, 0.5) is 0 Å². The van der Waals surface area contributed by atoms with Crippen molar-refractivity contribution in [3.63, 3.8) is 0 Å². The number of aryl methyl sites for hydroxylation is 2. The van der Waals surface area contributed by atoms with Crippen LogP contribution in [0.2, 0.25) is 0 Å². The van der Waals surface area contributed by atoms with Gasteiger partial charge in [0.15, 0.2) is 0 Å². The fourth-order valence-electron chi connectivity index (χ4n) is 2.18. The summed E-state index contributed by atoms with van der Waals surface area (Å²) in [6.45, 7) is 5.57. The predicted octanol–water partition coefficient (Wildman–Crippen LogP) is 5.05. The summed E-state index contributed by atoms with van der Waals surface area (Å²) in [6.07, 6.45) is 4.72. The average molecular weight is 294 g/mol. The van der Waals surface area contributed by atoms with E-state index in [1.165, 1.54) is 33.9 Å². The lowest BCUT2D eigenvalue weighted by atomic mass is 10.1. The molecular formula is C16H23NS2. The standard InChI is InChI=1S/C16H23NS2/c1-3-11-17-15(9-7-14-6-5-12-18-14)16-10-8-13(4-2)19-16/h5-6,8,10,12,15,17H,3-4,7,9,11H2,1-2H3. The summed E-state index contributed by atoms with van der Waals surface area (Å²) in [4.78, 5) is 4.49. The normalized spacial score (nSPS) is 12.7. The zero-order valence-corrected chi connectivity index (χ0v) is 13.4. The van der Waals surface area contributed by atoms with E-state index in [0.717, 1.165) is 13.0 Å². The van der Waals surface area contributed by atoms with Crippen molar-refractivity contribution < 1.29 is 0 Å². The molecule has 1 nitrogen and oxygen atoms in total. The number of thiophene rings is 2. The number of hydrogen-bond acceptors (Lipinski definition) is 3. The molecule has 1 unspecified atom stereocenters. The maximum Gasteiger partial charge on any atom is 0.0418 e. The lowest BCUT2D eigenvalue weighted by Crippen LogP contribution is -2.21. The molecule has 0 aliphatic heterocycles. The van der Waals surface area contributed by atoms with E-state index in [-0.39, 0.29) is 0 Å². The number of hydrogen-bond donors (Lipinski definition) is 1. The van der Waals surface area contributed by atoms with Gasteiger partial charge in [0.05, 0.1) is 0 Å². The molecule has 2 heterocycles. The molecule has 0 radical (unpaired) electrons. The maximum absolute atomic E-state index is 3.70. The van der Waals surface area contributed by atoms with Crippen LogP contribution in [-0.2, 0) is 12.8 Å². The van der Waals surface area contributed by atoms with E-state index in [4.69, 9.17) is 0 Å². The largest absolute Gasteiger partial charge is 0.309 e. The zero-order valence-electron chi connectivity index (χ0n) is 11.8. The Morgan fingerprint density at radius 3 is 2.68 bits per heavy atom. The topological polar surface area (TPSA) is 12.0 Å². The van der Waals surface area contributed by atoms with Crippen LogP contribution in [0, 0.1) is 0 Å². The Morgan fingerprint density at radius 1 is 1.16 bits per heavy atom. The average Bonchev–Trinajstić information content (AvgIpc) is 3.09. The zero-order chi connectivity index (χ0) is 13.5. The molecular weight excluding hydrogens is 270 g/mol. The molecule has 19 heavy (non-hydrogen) atoms. The van der Waals surface area contributed by atoms with Crippen molar-refractivity contribution in [2.24, 2.45) is 0 Å². The molecule has 104 valence electrons. The molecule has 2 aromatic rings. The summed E-state index contributed by atoms with van der Waals surface area (Å²) < 4.78 is 0. The van der Waals surface area contributed by atoms with E-state index in [2.05, 4.69) is 48.8 Å². The van der Waals surface area contributed by atoms with Gasteiger partial charge in [0.1, 0.15) is 0 Å². The first-order chi connectivity index (χ1) is 9.33. The highest BCUT2D eigenvalue weighted by Crippen LogP contribution is 2.27. The van der Waals surface area contributed by atoms with Gasteiger partial charge < -0.3 is 5.32 Å². The Hall–Kier alpha value is -0.640. The third-order valence-corrected chi connectivity index (χ3v) is 5.55. The Bertz CT molecular complexity index is 459. The van der Waals surface area contributed by atoms with Crippen molar-refractivity contribution in [2.75, 3.05) is 6.54 Å². The number of nitrogens with one attached hydrogen (secondary N) is 1. The predicted molar refractivity (Wildman–Crippen MR) is 87.4 cm³/mol. The highest BCUT2D eigenvalue weighted by molar-refractivity contribution is 7.12. The molecule has 0 saturated heterocycles. The lowest BCUT2D eigenvalue weighted by Gasteiger charge is -2.16. The van der Waals surface area contributed by atoms with Gasteiger partial charge in [-0.3, -0.25) is 0 Å². The van der Waals surface area contributed by atoms with Crippen molar-refractivity contribution in [3.8, 4) is 0 Å². The molecule has 0 bridgehead atoms. The first-order valence-electron chi connectivity index (χ1n) is 7.17. The Kier molecular flexibility index (Phi) is 6.08. The molecule has 0 aromatic carbocycles. The molecule has 0 aliphatic rings. The van der Waals surface area contributed by atoms with Crippen LogP contribution < -0.4 is 5.32 Å². The van der Waals surface area contributed by atoms with Crippen LogP contribution in [0.1, 0.15) is 47.4 Å². The second-order valence-electron chi connectivity index (χ2n) is 4.78. The fraction of sp³-hybridized carbons (Fsp3) is 0.500. The van der Waals surface area contributed by atoms with E-state index >= 15 is 0 Å². The van der Waals surface area contributed by atoms with Crippen LogP contribution in [0.3, 0.4) is 0 Å². The molecule has 0 spiro atoms. The van der Waals surface area contributed by atoms with E-state index in [0.29, 0.717) is 6.04 Å². The molecule has 1 atom stereocenters. The quantitative estimate of drug-likeness (QED) is 0.718. The van der Waals surface area contributed by atoms with Crippen LogP contribution in [0.5, 0.6) is 0 Å². The second kappa shape index (κ2) is 7.83. The first-order valence-corrected chi connectivity index (χ1v) is 8.87. The van der Waals surface area contributed by atoms with Crippen LogP contribution in [-0.4, -0.2) is 6.54 Å². The van der Waals surface area contributed by atoms with Gasteiger partial charge in [0.2, 0.25) is 0 Å². The third-order valence-electron chi connectivity index (χ3n) is 3.27. The smallest absolute Gasteiger partial charge is 0.0418 e. The van der Waals surface area contributed by atoms with Crippen molar-refractivity contribution in [1.29, 1.82) is 0 Å². The summed E-state index contributed by atoms with van der Waals surface area (Å²) in [5.74, 6) is 0. The third kappa shape index (κ3) is 4.44. The Morgan fingerprint density at radius 2 is 2.05 bits per heavy atom. The van der Waals surface area contributed by atoms with Crippen LogP contribution in [0.15, 0.2) is 29.6 Å². The first kappa shape index (κ1) is 14.8. The van der Waals surface area contributed by atoms with E-state index in [1.54, 1.807) is 0 Å². The van der Waals surface area contributed by atoms with Crippen molar-refractivity contribution in [2.45, 2.75) is 45.6 Å². The molecule has 1 N–H and O–H groups in total. The second-order valence-corrected chi connectivity index (χ2v) is 7.01. The Labute approximate surface area is 124 Å². The van der Waals surface area contributed by atoms with Gasteiger partial charge in [-0.15, -0.1) is 22.7 Å². The van der Waals surface area contributed by atoms with E-state index in [1.807, 2.05) is 22.7 Å². The SMILES string of the molecule is CCCNC(CCc1cccs1)c1ccc(CC)s1. The van der Waals surface area contributed by atoms with Crippen LogP contribution in [0.25, 0.3) is 0 Å². The summed E-state index contributed by atoms with van der Waals surface area (Å²) >= 11 is 3.84. The van der Waals surface area contributed by atoms with Gasteiger partial charge >= 0.3 is 0 Å². The highest BCUT2D eigenvalue weighted by Gasteiger charge is 2.13. The van der Waals surface area contributed by atoms with Gasteiger partial charge in [0, 0.05) is 20.7 Å². The van der Waals surface area contributed by atoms with Gasteiger partial charge in [-0.05, 0) is 55.8 Å². The molecule has 2 aromatic heterocycles. The minimum Gasteiger partial charge on any atom is -0.309 e. The van der Waals surface area contributed by atoms with Crippen molar-refractivity contribution in [3.05, 3.63) is 44.3 Å². The summed E-state index contributed by atoms with van der Waals surface area (Å²) in [5, 5.41) is 5.87. The van der Waals surface area contributed by atoms with Crippen molar-refractivity contribution >= 4 is 22.7 Å². The van der Waals surface area contributed by atoms with Gasteiger partial charge in [-0.1, -0.05) is 19.9 Å². The minimum absolute atomic E-state index is 0.521. The van der Waals surface area contributed by atoms with E-state index in [9.17, 15) is 0 Å². The molecule has 0 fully saturated rings. The summed E-state index contributed by atoms with van der Waals surface area (Å²) in [7, 11) is 0. The maximum atomic E-state index is 3.70. The molecule has 0 amide bonds. The minimum atomic E-state index is 0.521. The van der Waals surface area contributed by atoms with E-state index < -0.39 is 0 Å². The fourth-order valence-corrected chi connectivity index (χ4v) is 3.96. The molecule has 2 rings (SSSR count). The van der Waals surface area contributed by atoms with Gasteiger partial charge in [-0.2, -0.15) is 0 Å². The lowest BCUT2D eigenvalue weighted by molar-refractivity contribution is 0.507. The monoisotopic (exact) mass is 293 g/mol. The molecule has 3 heteroatoms. The summed E-state index contributed by atoms with van der Waals surface area (Å²) in [5.41, 5.74) is 0. The van der Waals surface area contributed by atoms with Gasteiger partial charge in [-0.25, -0.2) is 0 Å². The Balaban J connectivity index is 1.98. The molecule has 0 aliphatic carbocycles.